The third-order valence-electron chi connectivity index (χ3n) is 4.35. The van der Waals surface area contributed by atoms with Crippen LogP contribution in [-0.2, 0) is 28.4 Å². The number of alkyl carbamates (subject to hydrolysis) is 1. The Morgan fingerprint density at radius 1 is 0.763 bits per heavy atom. The Bertz CT molecular complexity index is 849. The number of hydrogen-bond donors (Lipinski definition) is 2. The van der Waals surface area contributed by atoms with Crippen molar-refractivity contribution in [3.05, 3.63) is 38.4 Å². The molecule has 1 rings (SSSR count). The number of nitrogens with zero attached hydrogens (tertiary/aromatic N) is 2. The van der Waals surface area contributed by atoms with E-state index in [1.54, 1.807) is 20.8 Å². The van der Waals surface area contributed by atoms with Crippen LogP contribution in [0.5, 0.6) is 0 Å². The van der Waals surface area contributed by atoms with E-state index in [1.165, 1.54) is 12.1 Å². The monoisotopic (exact) mass is 546 g/mol. The Kier molecular flexibility index (Phi) is 16.5. The molecule has 1 aromatic rings. The second-order valence-electron chi connectivity index (χ2n) is 8.63. The molecule has 0 fully saturated rings. The van der Waals surface area contributed by atoms with Crippen LogP contribution >= 0.6 is 0 Å². The first kappa shape index (κ1) is 32.9. The first-order chi connectivity index (χ1) is 18.1. The lowest BCUT2D eigenvalue weighted by Gasteiger charge is -2.19. The maximum Gasteiger partial charge on any atom is 0.407 e. The Labute approximate surface area is 221 Å². The maximum absolute atomic E-state index is 11.4. The van der Waals surface area contributed by atoms with Crippen molar-refractivity contribution >= 4 is 23.2 Å². The molecular weight excluding hydrogens is 508 g/mol. The van der Waals surface area contributed by atoms with Gasteiger partial charge in [-0.2, -0.15) is 0 Å². The zero-order valence-corrected chi connectivity index (χ0v) is 22.1. The summed E-state index contributed by atoms with van der Waals surface area (Å²) in [7, 11) is 0. The van der Waals surface area contributed by atoms with E-state index in [1.807, 2.05) is 0 Å². The Hall–Kier alpha value is -3.11. The molecule has 0 aromatic heterocycles. The van der Waals surface area contributed by atoms with Crippen molar-refractivity contribution in [2.24, 2.45) is 0 Å². The van der Waals surface area contributed by atoms with Gasteiger partial charge in [-0.25, -0.2) is 4.79 Å². The molecule has 0 saturated carbocycles. The molecule has 0 atom stereocenters. The van der Waals surface area contributed by atoms with Crippen molar-refractivity contribution in [2.75, 3.05) is 84.5 Å². The highest BCUT2D eigenvalue weighted by Gasteiger charge is 2.19. The highest BCUT2D eigenvalue weighted by molar-refractivity contribution is 5.67. The molecule has 15 heteroatoms. The van der Waals surface area contributed by atoms with Crippen LogP contribution in [0.1, 0.15) is 20.8 Å². The summed E-state index contributed by atoms with van der Waals surface area (Å²) in [6.07, 6.45) is -0.477. The van der Waals surface area contributed by atoms with E-state index in [-0.39, 0.29) is 30.2 Å². The fraction of sp³-hybridized carbons (Fsp3) is 0.696. The number of benzene rings is 1. The molecule has 0 radical (unpaired) electrons. The first-order valence-corrected chi connectivity index (χ1v) is 12.1. The molecule has 0 unspecified atom stereocenters. The van der Waals surface area contributed by atoms with Gasteiger partial charge < -0.3 is 39.1 Å². The van der Waals surface area contributed by atoms with Crippen LogP contribution in [0.3, 0.4) is 0 Å². The van der Waals surface area contributed by atoms with E-state index in [0.717, 1.165) is 6.07 Å². The molecule has 0 bridgehead atoms. The fourth-order valence-electron chi connectivity index (χ4n) is 2.71. The normalized spacial score (nSPS) is 11.2. The van der Waals surface area contributed by atoms with Gasteiger partial charge in [0, 0.05) is 19.2 Å². The van der Waals surface area contributed by atoms with Crippen LogP contribution in [0.15, 0.2) is 18.2 Å². The first-order valence-electron chi connectivity index (χ1n) is 12.1. The number of carbonyl (C=O) groups is 1. The van der Waals surface area contributed by atoms with Gasteiger partial charge in [-0.3, -0.25) is 20.2 Å². The van der Waals surface area contributed by atoms with Crippen LogP contribution < -0.4 is 10.6 Å². The Balaban J connectivity index is 1.88. The number of rotatable bonds is 21. The van der Waals surface area contributed by atoms with E-state index >= 15 is 0 Å². The van der Waals surface area contributed by atoms with Crippen LogP contribution in [0.4, 0.5) is 21.9 Å². The molecule has 0 spiro atoms. The summed E-state index contributed by atoms with van der Waals surface area (Å²) in [5.41, 5.74) is -1.07. The largest absolute Gasteiger partial charge is 0.444 e. The number of non-ortho nitro benzene ring substituents is 1. The van der Waals surface area contributed by atoms with Gasteiger partial charge in [0.15, 0.2) is 0 Å². The number of carbonyl (C=O) groups excluding carboxylic acids is 1. The molecular formula is C23H38N4O11. The number of ether oxygens (including phenoxy) is 6. The van der Waals surface area contributed by atoms with Crippen molar-refractivity contribution < 1.29 is 43.1 Å². The summed E-state index contributed by atoms with van der Waals surface area (Å²) in [4.78, 5) is 31.9. The van der Waals surface area contributed by atoms with E-state index in [9.17, 15) is 25.0 Å². The minimum Gasteiger partial charge on any atom is -0.444 e. The molecule has 0 saturated heterocycles. The number of nitro groups is 2. The van der Waals surface area contributed by atoms with Crippen molar-refractivity contribution in [3.8, 4) is 0 Å². The van der Waals surface area contributed by atoms with Gasteiger partial charge in [0.25, 0.3) is 11.4 Å². The molecule has 0 aliphatic rings. The molecule has 38 heavy (non-hydrogen) atoms. The average Bonchev–Trinajstić information content (AvgIpc) is 2.84. The SMILES string of the molecule is CC(C)(C)OC(=O)NCCOCCOCCOCCOCCOCCNc1ccc([N+](=O)[O-])cc1[N+](=O)[O-]. The van der Waals surface area contributed by atoms with Gasteiger partial charge in [0.05, 0.1) is 82.0 Å². The standard InChI is InChI=1S/C23H38N4O11/c1-23(2,3)38-22(28)25-7-9-34-11-13-36-15-17-37-16-14-35-12-10-33-8-6-24-20-5-4-19(26(29)30)18-21(20)27(31)32/h4-5,18,24H,6-17H2,1-3H3,(H,25,28). The molecule has 0 heterocycles. The fourth-order valence-corrected chi connectivity index (χ4v) is 2.71. The van der Waals surface area contributed by atoms with E-state index in [0.29, 0.717) is 66.0 Å². The molecule has 1 aromatic carbocycles. The predicted octanol–water partition coefficient (Wildman–Crippen LogP) is 2.52. The zero-order valence-electron chi connectivity index (χ0n) is 22.1. The Morgan fingerprint density at radius 3 is 1.68 bits per heavy atom. The summed E-state index contributed by atoms with van der Waals surface area (Å²) in [5, 5.41) is 27.3. The van der Waals surface area contributed by atoms with Crippen LogP contribution in [-0.4, -0.2) is 101 Å². The number of hydrogen-bond acceptors (Lipinski definition) is 12. The van der Waals surface area contributed by atoms with Gasteiger partial charge in [0.2, 0.25) is 0 Å². The molecule has 1 amide bonds. The van der Waals surface area contributed by atoms with Gasteiger partial charge >= 0.3 is 6.09 Å². The molecule has 15 nitrogen and oxygen atoms in total. The van der Waals surface area contributed by atoms with Crippen molar-refractivity contribution in [1.82, 2.24) is 5.32 Å². The minimum atomic E-state index is -0.686. The second-order valence-corrected chi connectivity index (χ2v) is 8.63. The third kappa shape index (κ3) is 16.6. The van der Waals surface area contributed by atoms with Gasteiger partial charge in [-0.05, 0) is 26.8 Å². The smallest absolute Gasteiger partial charge is 0.407 e. The highest BCUT2D eigenvalue weighted by Crippen LogP contribution is 2.28. The quantitative estimate of drug-likeness (QED) is 0.131. The summed E-state index contributed by atoms with van der Waals surface area (Å²) in [5.74, 6) is 0. The third-order valence-corrected chi connectivity index (χ3v) is 4.35. The lowest BCUT2D eigenvalue weighted by atomic mass is 10.2. The summed E-state index contributed by atoms with van der Waals surface area (Å²) >= 11 is 0. The van der Waals surface area contributed by atoms with Crippen molar-refractivity contribution in [2.45, 2.75) is 26.4 Å². The zero-order chi connectivity index (χ0) is 28.2. The van der Waals surface area contributed by atoms with Gasteiger partial charge in [-0.15, -0.1) is 0 Å². The molecule has 216 valence electrons. The molecule has 0 aliphatic heterocycles. The number of amides is 1. The van der Waals surface area contributed by atoms with Crippen LogP contribution in [0, 0.1) is 20.2 Å². The summed E-state index contributed by atoms with van der Waals surface area (Å²) < 4.78 is 32.0. The second kappa shape index (κ2) is 19.0. The van der Waals surface area contributed by atoms with Crippen molar-refractivity contribution in [3.63, 3.8) is 0 Å². The van der Waals surface area contributed by atoms with Crippen LogP contribution in [0.25, 0.3) is 0 Å². The average molecular weight is 547 g/mol. The molecule has 0 aliphatic carbocycles. The van der Waals surface area contributed by atoms with Crippen molar-refractivity contribution in [1.29, 1.82) is 0 Å². The predicted molar refractivity (Wildman–Crippen MR) is 137 cm³/mol. The van der Waals surface area contributed by atoms with Gasteiger partial charge in [-0.1, -0.05) is 0 Å². The Morgan fingerprint density at radius 2 is 1.24 bits per heavy atom. The van der Waals surface area contributed by atoms with E-state index in [2.05, 4.69) is 10.6 Å². The maximum atomic E-state index is 11.4. The van der Waals surface area contributed by atoms with Gasteiger partial charge in [0.1, 0.15) is 11.3 Å². The minimum absolute atomic E-state index is 0.182. The highest BCUT2D eigenvalue weighted by atomic mass is 16.6. The number of anilines is 1. The molecule has 2 N–H and O–H groups in total. The van der Waals surface area contributed by atoms with E-state index in [4.69, 9.17) is 28.4 Å². The topological polar surface area (TPSA) is 183 Å². The lowest BCUT2D eigenvalue weighted by molar-refractivity contribution is -0.393. The number of nitrogens with one attached hydrogen (secondary N) is 2. The summed E-state index contributed by atoms with van der Waals surface area (Å²) in [6, 6.07) is 3.41. The summed E-state index contributed by atoms with van der Waals surface area (Å²) in [6.45, 7) is 9.80. The lowest BCUT2D eigenvalue weighted by Crippen LogP contribution is -2.34. The van der Waals surface area contributed by atoms with Crippen LogP contribution in [0.2, 0.25) is 0 Å². The van der Waals surface area contributed by atoms with E-state index < -0.39 is 21.5 Å². The number of nitro benzene ring substituents is 2.